The van der Waals surface area contributed by atoms with Gasteiger partial charge in [-0.3, -0.25) is 4.57 Å². The van der Waals surface area contributed by atoms with E-state index in [2.05, 4.69) is 30.2 Å². The Kier molecular flexibility index (Phi) is 7.14. The Balaban J connectivity index is 1.79. The summed E-state index contributed by atoms with van der Waals surface area (Å²) >= 11 is 0. The molecule has 0 bridgehead atoms. The highest BCUT2D eigenvalue weighted by atomic mass is 19.3. The smallest absolute Gasteiger partial charge is 0.296 e. The molecule has 0 aliphatic carbocycles. The Hall–Kier alpha value is -3.12. The minimum Gasteiger partial charge on any atom is -0.494 e. The predicted octanol–water partition coefficient (Wildman–Crippen LogP) is 2.36. The van der Waals surface area contributed by atoms with Crippen molar-refractivity contribution in [2.24, 2.45) is 0 Å². The second kappa shape index (κ2) is 10.2. The van der Waals surface area contributed by atoms with E-state index >= 15 is 0 Å². The molecule has 3 aromatic rings. The Morgan fingerprint density at radius 1 is 1.12 bits per heavy atom. The number of benzene rings is 1. The van der Waals surface area contributed by atoms with Gasteiger partial charge in [0.2, 0.25) is 17.8 Å². The average molecular weight is 463 g/mol. The first-order valence-electron chi connectivity index (χ1n) is 10.8. The molecule has 0 atom stereocenters. The zero-order valence-electron chi connectivity index (χ0n) is 19.0. The molecule has 2 aromatic heterocycles. The van der Waals surface area contributed by atoms with Crippen LogP contribution in [0.1, 0.15) is 18.7 Å². The van der Waals surface area contributed by atoms with Crippen LogP contribution in [0.2, 0.25) is 0 Å². The van der Waals surface area contributed by atoms with E-state index in [0.29, 0.717) is 61.5 Å². The number of hydrogen-bond donors (Lipinski definition) is 1. The fourth-order valence-corrected chi connectivity index (χ4v) is 3.65. The van der Waals surface area contributed by atoms with E-state index < -0.39 is 12.2 Å². The fraction of sp³-hybridized carbons (Fsp3) is 0.524. The monoisotopic (exact) mass is 462 g/mol. The summed E-state index contributed by atoms with van der Waals surface area (Å²) in [6, 6.07) is 5.09. The highest BCUT2D eigenvalue weighted by Gasteiger charge is 2.25. The molecule has 4 rings (SSSR count). The quantitative estimate of drug-likeness (QED) is 0.481. The van der Waals surface area contributed by atoms with Gasteiger partial charge >= 0.3 is 0 Å². The van der Waals surface area contributed by atoms with E-state index in [4.69, 9.17) is 9.47 Å². The molecule has 0 amide bonds. The van der Waals surface area contributed by atoms with Crippen LogP contribution >= 0.6 is 0 Å². The first-order chi connectivity index (χ1) is 16.0. The second-order valence-electron chi connectivity index (χ2n) is 7.88. The van der Waals surface area contributed by atoms with Crippen LogP contribution in [0.3, 0.4) is 0 Å². The van der Waals surface area contributed by atoms with Gasteiger partial charge < -0.3 is 24.6 Å². The van der Waals surface area contributed by atoms with Gasteiger partial charge in [-0.15, -0.1) is 0 Å². The molecule has 3 heterocycles. The fourth-order valence-electron chi connectivity index (χ4n) is 3.65. The van der Waals surface area contributed by atoms with Crippen molar-refractivity contribution < 1.29 is 18.3 Å². The molecule has 1 aromatic carbocycles. The molecule has 1 aliphatic heterocycles. The van der Waals surface area contributed by atoms with Crippen LogP contribution in [0.5, 0.6) is 5.75 Å². The van der Waals surface area contributed by atoms with Gasteiger partial charge in [-0.2, -0.15) is 15.0 Å². The maximum absolute atomic E-state index is 14.0. The number of fused-ring (bicyclic) bond motifs is 1. The lowest BCUT2D eigenvalue weighted by molar-refractivity contribution is 0.122. The number of imidazole rings is 1. The predicted molar refractivity (Wildman–Crippen MR) is 121 cm³/mol. The van der Waals surface area contributed by atoms with Gasteiger partial charge in [-0.25, -0.2) is 13.8 Å². The number of para-hydroxylation sites is 1. The number of morpholine rings is 1. The molecule has 0 unspecified atom stereocenters. The summed E-state index contributed by atoms with van der Waals surface area (Å²) in [6.07, 6.45) is -1.96. The molecule has 0 radical (unpaired) electrons. The molecule has 33 heavy (non-hydrogen) atoms. The SMILES string of the molecule is COc1cccc2c1nc(C(F)F)n2-c1nc(NCCCN(C)C)nc(N2CCOCC2)n1. The zero-order chi connectivity index (χ0) is 23.4. The van der Waals surface area contributed by atoms with Crippen molar-refractivity contribution in [3.8, 4) is 11.7 Å². The van der Waals surface area contributed by atoms with E-state index in [1.165, 1.54) is 11.7 Å². The Morgan fingerprint density at radius 3 is 2.58 bits per heavy atom. The van der Waals surface area contributed by atoms with Crippen molar-refractivity contribution >= 4 is 22.9 Å². The van der Waals surface area contributed by atoms with Gasteiger partial charge in [0.1, 0.15) is 11.3 Å². The standard InChI is InChI=1S/C21H28F2N8O2/c1-29(2)9-5-8-24-19-26-20(30-10-12-33-13-11-30)28-21(27-19)31-14-6-4-7-15(32-3)16(14)25-18(31)17(22)23/h4,6-7,17H,5,8-13H2,1-3H3,(H,24,26,27,28). The molecule has 0 saturated carbocycles. The third kappa shape index (κ3) is 5.11. The van der Waals surface area contributed by atoms with Gasteiger partial charge in [-0.1, -0.05) is 6.07 Å². The van der Waals surface area contributed by atoms with Gasteiger partial charge in [0.05, 0.1) is 25.8 Å². The maximum atomic E-state index is 14.0. The Morgan fingerprint density at radius 2 is 1.88 bits per heavy atom. The summed E-state index contributed by atoms with van der Waals surface area (Å²) < 4.78 is 40.1. The molecule has 12 heteroatoms. The minimum absolute atomic E-state index is 0.0765. The number of rotatable bonds is 9. The van der Waals surface area contributed by atoms with Crippen LogP contribution in [-0.4, -0.2) is 90.0 Å². The highest BCUT2D eigenvalue weighted by molar-refractivity contribution is 5.84. The van der Waals surface area contributed by atoms with Crippen LogP contribution in [0.25, 0.3) is 17.0 Å². The van der Waals surface area contributed by atoms with Crippen molar-refractivity contribution in [2.75, 3.05) is 70.8 Å². The second-order valence-corrected chi connectivity index (χ2v) is 7.88. The Labute approximate surface area is 190 Å². The van der Waals surface area contributed by atoms with E-state index in [1.807, 2.05) is 19.0 Å². The lowest BCUT2D eigenvalue weighted by Crippen LogP contribution is -2.37. The number of nitrogens with zero attached hydrogens (tertiary/aromatic N) is 7. The average Bonchev–Trinajstić information content (AvgIpc) is 3.22. The van der Waals surface area contributed by atoms with Crippen LogP contribution in [0.15, 0.2) is 18.2 Å². The number of anilines is 2. The summed E-state index contributed by atoms with van der Waals surface area (Å²) in [5.74, 6) is 0.756. The third-order valence-corrected chi connectivity index (χ3v) is 5.26. The largest absolute Gasteiger partial charge is 0.494 e. The normalized spacial score (nSPS) is 14.5. The molecular weight excluding hydrogens is 434 g/mol. The van der Waals surface area contributed by atoms with Crippen LogP contribution in [0, 0.1) is 0 Å². The summed E-state index contributed by atoms with van der Waals surface area (Å²) in [7, 11) is 5.48. The molecule has 1 fully saturated rings. The molecule has 178 valence electrons. The van der Waals surface area contributed by atoms with Crippen LogP contribution in [-0.2, 0) is 4.74 Å². The number of ether oxygens (including phenoxy) is 2. The van der Waals surface area contributed by atoms with Crippen molar-refractivity contribution in [1.29, 1.82) is 0 Å². The highest BCUT2D eigenvalue weighted by Crippen LogP contribution is 2.32. The van der Waals surface area contributed by atoms with Gasteiger partial charge in [-0.05, 0) is 39.2 Å². The van der Waals surface area contributed by atoms with E-state index in [0.717, 1.165) is 13.0 Å². The number of methoxy groups -OCH3 is 1. The van der Waals surface area contributed by atoms with Gasteiger partial charge in [0, 0.05) is 19.6 Å². The molecule has 1 aliphatic rings. The van der Waals surface area contributed by atoms with Crippen molar-refractivity contribution in [2.45, 2.75) is 12.8 Å². The van der Waals surface area contributed by atoms with Crippen molar-refractivity contribution in [1.82, 2.24) is 29.4 Å². The lowest BCUT2D eigenvalue weighted by atomic mass is 10.3. The number of nitrogens with one attached hydrogen (secondary N) is 1. The Bertz CT molecular complexity index is 1090. The van der Waals surface area contributed by atoms with Gasteiger partial charge in [0.15, 0.2) is 5.82 Å². The first-order valence-corrected chi connectivity index (χ1v) is 10.8. The summed E-state index contributed by atoms with van der Waals surface area (Å²) in [6.45, 7) is 3.81. The summed E-state index contributed by atoms with van der Waals surface area (Å²) in [4.78, 5) is 21.8. The molecular formula is C21H28F2N8O2. The number of alkyl halides is 2. The zero-order valence-corrected chi connectivity index (χ0v) is 19.0. The number of aromatic nitrogens is 5. The summed E-state index contributed by atoms with van der Waals surface area (Å²) in [5.41, 5.74) is 0.756. The summed E-state index contributed by atoms with van der Waals surface area (Å²) in [5, 5.41) is 3.21. The maximum Gasteiger partial charge on any atom is 0.296 e. The van der Waals surface area contributed by atoms with Crippen LogP contribution in [0.4, 0.5) is 20.7 Å². The molecule has 1 saturated heterocycles. The van der Waals surface area contributed by atoms with E-state index in [9.17, 15) is 8.78 Å². The first kappa shape index (κ1) is 23.1. The topological polar surface area (TPSA) is 93.5 Å². The third-order valence-electron chi connectivity index (χ3n) is 5.26. The van der Waals surface area contributed by atoms with Crippen LogP contribution < -0.4 is 15.0 Å². The lowest BCUT2D eigenvalue weighted by Gasteiger charge is -2.27. The van der Waals surface area contributed by atoms with Crippen molar-refractivity contribution in [3.05, 3.63) is 24.0 Å². The number of halogens is 2. The van der Waals surface area contributed by atoms with Gasteiger partial charge in [0.25, 0.3) is 6.43 Å². The van der Waals surface area contributed by atoms with E-state index in [1.54, 1.807) is 18.2 Å². The molecule has 0 spiro atoms. The number of hydrogen-bond acceptors (Lipinski definition) is 9. The minimum atomic E-state index is -2.83. The molecule has 10 nitrogen and oxygen atoms in total. The van der Waals surface area contributed by atoms with Crippen molar-refractivity contribution in [3.63, 3.8) is 0 Å². The van der Waals surface area contributed by atoms with E-state index in [-0.39, 0.29) is 5.95 Å². The molecule has 1 N–H and O–H groups in total.